The molecule has 1 atom stereocenters. The first-order valence-corrected chi connectivity index (χ1v) is 13.3. The molecule has 1 aliphatic carbocycles. The average molecular weight is 504 g/mol. The Labute approximate surface area is 215 Å². The molecular weight excluding hydrogens is 473 g/mol. The van der Waals surface area contributed by atoms with Crippen LogP contribution in [0.25, 0.3) is 0 Å². The van der Waals surface area contributed by atoms with Crippen molar-refractivity contribution in [2.45, 2.75) is 69.9 Å². The summed E-state index contributed by atoms with van der Waals surface area (Å²) in [5.74, 6) is -1.56. The lowest BCUT2D eigenvalue weighted by Gasteiger charge is -2.34. The van der Waals surface area contributed by atoms with Crippen LogP contribution in [0.1, 0.15) is 87.4 Å². The van der Waals surface area contributed by atoms with E-state index in [2.05, 4.69) is 11.4 Å². The van der Waals surface area contributed by atoms with Gasteiger partial charge in [0, 0.05) is 37.2 Å². The molecular formula is C29H30FN3O4. The number of benzene rings is 2. The zero-order valence-electron chi connectivity index (χ0n) is 20.7. The van der Waals surface area contributed by atoms with Gasteiger partial charge in [-0.2, -0.15) is 0 Å². The number of hydrogen-bond donors (Lipinski definition) is 1. The molecule has 7 nitrogen and oxygen atoms in total. The number of likely N-dealkylation sites (tertiary alicyclic amines) is 1. The molecule has 0 spiro atoms. The predicted octanol–water partition coefficient (Wildman–Crippen LogP) is 3.49. The smallest absolute Gasteiger partial charge is 0.255 e. The maximum Gasteiger partial charge on any atom is 0.255 e. The number of halogens is 1. The molecule has 2 aromatic carbocycles. The first kappa shape index (κ1) is 23.8. The molecule has 37 heavy (non-hydrogen) atoms. The first-order valence-electron chi connectivity index (χ1n) is 13.3. The number of nitrogens with zero attached hydrogens (tertiary/aromatic N) is 2. The Hall–Kier alpha value is -3.55. The van der Waals surface area contributed by atoms with Crippen LogP contribution in [0.15, 0.2) is 30.3 Å². The van der Waals surface area contributed by atoms with Gasteiger partial charge in [0.2, 0.25) is 11.8 Å². The van der Waals surface area contributed by atoms with Gasteiger partial charge in [-0.25, -0.2) is 4.39 Å². The Balaban J connectivity index is 1.19. The summed E-state index contributed by atoms with van der Waals surface area (Å²) in [4.78, 5) is 53.9. The number of carbonyl (C=O) groups is 4. The predicted molar refractivity (Wildman–Crippen MR) is 133 cm³/mol. The fourth-order valence-electron chi connectivity index (χ4n) is 6.56. The number of rotatable bonds is 3. The number of amides is 4. The summed E-state index contributed by atoms with van der Waals surface area (Å²) in [6.07, 6.45) is 6.06. The molecule has 8 heteroatoms. The van der Waals surface area contributed by atoms with E-state index < -0.39 is 17.8 Å². The van der Waals surface area contributed by atoms with E-state index in [9.17, 15) is 23.6 Å². The molecule has 3 heterocycles. The summed E-state index contributed by atoms with van der Waals surface area (Å²) < 4.78 is 14.7. The molecule has 1 N–H and O–H groups in total. The number of hydrogen-bond acceptors (Lipinski definition) is 4. The largest absolute Gasteiger partial charge is 0.339 e. The number of imide groups is 1. The van der Waals surface area contributed by atoms with E-state index in [0.29, 0.717) is 31.5 Å². The van der Waals surface area contributed by atoms with Crippen LogP contribution in [0.2, 0.25) is 0 Å². The van der Waals surface area contributed by atoms with Crippen molar-refractivity contribution in [3.63, 3.8) is 0 Å². The fraction of sp³-hybridized carbons (Fsp3) is 0.448. The van der Waals surface area contributed by atoms with E-state index in [-0.39, 0.29) is 43.0 Å². The molecule has 0 saturated carbocycles. The Morgan fingerprint density at radius 1 is 0.946 bits per heavy atom. The van der Waals surface area contributed by atoms with Crippen LogP contribution in [0.5, 0.6) is 0 Å². The summed E-state index contributed by atoms with van der Waals surface area (Å²) in [5, 5.41) is 2.31. The number of piperidine rings is 2. The lowest BCUT2D eigenvalue weighted by atomic mass is 9.84. The van der Waals surface area contributed by atoms with Crippen molar-refractivity contribution in [1.82, 2.24) is 15.1 Å². The molecule has 0 radical (unpaired) electrons. The quantitative estimate of drug-likeness (QED) is 0.650. The van der Waals surface area contributed by atoms with Gasteiger partial charge in [-0.05, 0) is 91.3 Å². The van der Waals surface area contributed by atoms with Gasteiger partial charge in [0.15, 0.2) is 0 Å². The molecule has 2 aromatic rings. The molecule has 4 amide bonds. The van der Waals surface area contributed by atoms with Gasteiger partial charge in [0.05, 0.1) is 0 Å². The molecule has 2 saturated heterocycles. The molecule has 192 valence electrons. The number of nitrogens with one attached hydrogen (secondary N) is 1. The topological polar surface area (TPSA) is 86.8 Å². The van der Waals surface area contributed by atoms with E-state index in [1.807, 2.05) is 17.0 Å². The summed E-state index contributed by atoms with van der Waals surface area (Å²) in [7, 11) is 0. The molecule has 4 aliphatic rings. The van der Waals surface area contributed by atoms with E-state index in [4.69, 9.17) is 0 Å². The van der Waals surface area contributed by atoms with Gasteiger partial charge in [-0.1, -0.05) is 12.1 Å². The molecule has 0 bridgehead atoms. The number of carbonyl (C=O) groups excluding carboxylic acids is 4. The van der Waals surface area contributed by atoms with Crippen molar-refractivity contribution in [2.24, 2.45) is 0 Å². The van der Waals surface area contributed by atoms with Crippen molar-refractivity contribution >= 4 is 23.6 Å². The highest BCUT2D eigenvalue weighted by Gasteiger charge is 2.41. The van der Waals surface area contributed by atoms with Crippen molar-refractivity contribution in [3.05, 3.63) is 69.5 Å². The van der Waals surface area contributed by atoms with E-state index in [0.717, 1.165) is 42.4 Å². The van der Waals surface area contributed by atoms with Crippen LogP contribution in [0, 0.1) is 5.82 Å². The summed E-state index contributed by atoms with van der Waals surface area (Å²) in [5.41, 5.74) is 5.14. The summed E-state index contributed by atoms with van der Waals surface area (Å²) in [6, 6.07) is 8.07. The second kappa shape index (κ2) is 9.39. The highest BCUT2D eigenvalue weighted by atomic mass is 19.1. The molecule has 1 unspecified atom stereocenters. The first-order chi connectivity index (χ1) is 17.9. The minimum absolute atomic E-state index is 0.0210. The third-order valence-corrected chi connectivity index (χ3v) is 8.50. The van der Waals surface area contributed by atoms with Gasteiger partial charge >= 0.3 is 0 Å². The Bertz CT molecular complexity index is 1310. The van der Waals surface area contributed by atoms with E-state index in [1.165, 1.54) is 28.2 Å². The maximum absolute atomic E-state index is 14.7. The Kier molecular flexibility index (Phi) is 6.05. The van der Waals surface area contributed by atoms with Crippen LogP contribution in [0.3, 0.4) is 0 Å². The van der Waals surface area contributed by atoms with Gasteiger partial charge in [-0.3, -0.25) is 24.5 Å². The minimum Gasteiger partial charge on any atom is -0.339 e. The zero-order chi connectivity index (χ0) is 25.7. The van der Waals surface area contributed by atoms with Crippen LogP contribution in [-0.2, 0) is 29.0 Å². The van der Waals surface area contributed by atoms with Gasteiger partial charge < -0.3 is 9.80 Å². The SMILES string of the molecule is O=C1CCC(N2Cc3c(cc(F)cc3C3CCN(C(=O)c4cccc5c4CCCC5)CC3)C2=O)C(=O)N1. The standard InChI is InChI=1S/C29H30FN3O4/c30-19-14-22(24-16-33(29(37)23(24)15-19)25-8-9-26(34)31-27(25)35)18-10-12-32(13-11-18)28(36)21-7-3-5-17-4-1-2-6-20(17)21/h3,5,7,14-15,18,25H,1-2,4,6,8-13,16H2,(H,31,34,35). The second-order valence-corrected chi connectivity index (χ2v) is 10.6. The zero-order valence-corrected chi connectivity index (χ0v) is 20.7. The van der Waals surface area contributed by atoms with Crippen LogP contribution < -0.4 is 5.32 Å². The monoisotopic (exact) mass is 503 g/mol. The van der Waals surface area contributed by atoms with Crippen LogP contribution in [-0.4, -0.2) is 52.6 Å². The average Bonchev–Trinajstić information content (AvgIpc) is 3.23. The number of fused-ring (bicyclic) bond motifs is 2. The third kappa shape index (κ3) is 4.22. The fourth-order valence-corrected chi connectivity index (χ4v) is 6.56. The van der Waals surface area contributed by atoms with Crippen molar-refractivity contribution in [1.29, 1.82) is 0 Å². The highest BCUT2D eigenvalue weighted by molar-refractivity contribution is 6.05. The maximum atomic E-state index is 14.7. The van der Waals surface area contributed by atoms with Gasteiger partial charge in [-0.15, -0.1) is 0 Å². The molecule has 2 fully saturated rings. The van der Waals surface area contributed by atoms with Crippen molar-refractivity contribution in [2.75, 3.05) is 13.1 Å². The minimum atomic E-state index is -0.732. The summed E-state index contributed by atoms with van der Waals surface area (Å²) in [6.45, 7) is 1.37. The van der Waals surface area contributed by atoms with E-state index in [1.54, 1.807) is 0 Å². The van der Waals surface area contributed by atoms with Crippen LogP contribution in [0.4, 0.5) is 4.39 Å². The van der Waals surface area contributed by atoms with Gasteiger partial charge in [0.1, 0.15) is 11.9 Å². The normalized spacial score (nSPS) is 22.1. The molecule has 3 aliphatic heterocycles. The van der Waals surface area contributed by atoms with Crippen molar-refractivity contribution < 1.29 is 23.6 Å². The van der Waals surface area contributed by atoms with Crippen molar-refractivity contribution in [3.8, 4) is 0 Å². The Morgan fingerprint density at radius 2 is 1.73 bits per heavy atom. The molecule has 0 aromatic heterocycles. The lowest BCUT2D eigenvalue weighted by Crippen LogP contribution is -2.52. The second-order valence-electron chi connectivity index (χ2n) is 10.6. The summed E-state index contributed by atoms with van der Waals surface area (Å²) >= 11 is 0. The van der Waals surface area contributed by atoms with E-state index >= 15 is 0 Å². The lowest BCUT2D eigenvalue weighted by molar-refractivity contribution is -0.136. The highest BCUT2D eigenvalue weighted by Crippen LogP contribution is 2.38. The Morgan fingerprint density at radius 3 is 2.51 bits per heavy atom. The van der Waals surface area contributed by atoms with Crippen LogP contribution >= 0.6 is 0 Å². The molecule has 6 rings (SSSR count). The van der Waals surface area contributed by atoms with Gasteiger partial charge in [0.25, 0.3) is 11.8 Å². The third-order valence-electron chi connectivity index (χ3n) is 8.50. The number of aryl methyl sites for hydroxylation is 1.